The molecule has 0 aromatic heterocycles. The van der Waals surface area contributed by atoms with Crippen LogP contribution < -0.4 is 20.7 Å². The van der Waals surface area contributed by atoms with E-state index < -0.39 is 19.7 Å². The second-order valence-corrected chi connectivity index (χ2v) is 12.1. The number of ether oxygens (including phenoxy) is 1. The van der Waals surface area contributed by atoms with Gasteiger partial charge in [0, 0.05) is 23.8 Å². The third-order valence-electron chi connectivity index (χ3n) is 4.42. The third-order valence-corrected chi connectivity index (χ3v) is 8.38. The fourth-order valence-electron chi connectivity index (χ4n) is 3.11. The van der Waals surface area contributed by atoms with E-state index in [1.807, 2.05) is 0 Å². The third kappa shape index (κ3) is 6.26. The van der Waals surface area contributed by atoms with E-state index in [1.165, 1.54) is 0 Å². The van der Waals surface area contributed by atoms with Gasteiger partial charge in [0.1, 0.15) is 5.75 Å². The molecule has 1 aromatic rings. The van der Waals surface area contributed by atoms with E-state index >= 15 is 0 Å². The summed E-state index contributed by atoms with van der Waals surface area (Å²) >= 11 is 10.4. The summed E-state index contributed by atoms with van der Waals surface area (Å²) in [6.07, 6.45) is 1.04. The van der Waals surface area contributed by atoms with E-state index in [0.717, 1.165) is 0 Å². The van der Waals surface area contributed by atoms with E-state index in [4.69, 9.17) is 29.2 Å². The first kappa shape index (κ1) is 21.2. The summed E-state index contributed by atoms with van der Waals surface area (Å²) in [6, 6.07) is 6.51. The zero-order chi connectivity index (χ0) is 20.4. The van der Waals surface area contributed by atoms with Crippen LogP contribution in [0.3, 0.4) is 0 Å². The van der Waals surface area contributed by atoms with Crippen LogP contribution in [0.1, 0.15) is 12.8 Å². The van der Waals surface area contributed by atoms with Gasteiger partial charge in [-0.25, -0.2) is 16.8 Å². The molecule has 28 heavy (non-hydrogen) atoms. The minimum atomic E-state index is -3.00. The molecular formula is C16H21N3O5S4. The highest BCUT2D eigenvalue weighted by molar-refractivity contribution is 7.92. The van der Waals surface area contributed by atoms with E-state index in [9.17, 15) is 16.8 Å². The predicted octanol–water partition coefficient (Wildman–Crippen LogP) is 0.601. The Labute approximate surface area is 175 Å². The fraction of sp³-hybridized carbons (Fsp3) is 0.500. The molecule has 0 amide bonds. The molecule has 0 bridgehead atoms. The average molecular weight is 464 g/mol. The number of rotatable bonds is 4. The van der Waals surface area contributed by atoms with Crippen LogP contribution in [0.2, 0.25) is 0 Å². The molecule has 2 aliphatic heterocycles. The Balaban J connectivity index is 1.51. The van der Waals surface area contributed by atoms with Crippen molar-refractivity contribution in [2.45, 2.75) is 24.9 Å². The Morgan fingerprint density at radius 1 is 0.964 bits per heavy atom. The molecule has 3 N–H and O–H groups in total. The number of sulfone groups is 2. The van der Waals surface area contributed by atoms with Crippen molar-refractivity contribution in [3.63, 3.8) is 0 Å². The van der Waals surface area contributed by atoms with Gasteiger partial charge in [-0.05, 0) is 49.4 Å². The topological polar surface area (TPSA) is 114 Å². The second kappa shape index (κ2) is 8.47. The normalized spacial score (nSPS) is 25.0. The van der Waals surface area contributed by atoms with Gasteiger partial charge in [0.25, 0.3) is 5.17 Å². The zero-order valence-electron chi connectivity index (χ0n) is 14.9. The number of benzene rings is 1. The molecule has 0 aliphatic carbocycles. The van der Waals surface area contributed by atoms with Crippen molar-refractivity contribution in [1.82, 2.24) is 10.6 Å². The van der Waals surface area contributed by atoms with E-state index in [1.54, 1.807) is 24.3 Å². The molecule has 2 fully saturated rings. The number of hydrogen-bond donors (Lipinski definition) is 3. The van der Waals surface area contributed by atoms with Crippen LogP contribution in [-0.2, 0) is 19.7 Å². The van der Waals surface area contributed by atoms with Gasteiger partial charge in [0.05, 0.1) is 23.0 Å². The molecule has 2 unspecified atom stereocenters. The van der Waals surface area contributed by atoms with Crippen LogP contribution in [0.4, 0.5) is 5.69 Å². The van der Waals surface area contributed by atoms with Gasteiger partial charge in [-0.2, -0.15) is 0 Å². The highest BCUT2D eigenvalue weighted by atomic mass is 32.2. The summed E-state index contributed by atoms with van der Waals surface area (Å²) in [5.74, 6) is 0.918. The van der Waals surface area contributed by atoms with Gasteiger partial charge < -0.3 is 20.7 Å². The molecule has 2 aliphatic rings. The van der Waals surface area contributed by atoms with Crippen molar-refractivity contribution in [2.24, 2.45) is 0 Å². The number of thiocarbonyl (C=S) groups is 2. The quantitative estimate of drug-likeness (QED) is 0.549. The van der Waals surface area contributed by atoms with Crippen LogP contribution >= 0.6 is 24.4 Å². The Bertz CT molecular complexity index is 902. The number of nitrogens with one attached hydrogen (secondary N) is 3. The zero-order valence-corrected chi connectivity index (χ0v) is 18.1. The monoisotopic (exact) mass is 463 g/mol. The molecule has 2 atom stereocenters. The second-order valence-electron chi connectivity index (χ2n) is 6.86. The molecule has 2 heterocycles. The highest BCUT2D eigenvalue weighted by Gasteiger charge is 2.29. The van der Waals surface area contributed by atoms with Crippen LogP contribution in [0, 0.1) is 0 Å². The highest BCUT2D eigenvalue weighted by Crippen LogP contribution is 2.19. The number of hydrogen-bond acceptors (Lipinski definition) is 7. The molecule has 2 saturated heterocycles. The SMILES string of the molecule is O=S1(=O)CCC(NC(=S)Nc2cccc(OC(=S)NC3CCS(=O)(=O)C3)c2)C1. The first-order valence-electron chi connectivity index (χ1n) is 8.67. The summed E-state index contributed by atoms with van der Waals surface area (Å²) in [6.45, 7) is 0. The van der Waals surface area contributed by atoms with Crippen molar-refractivity contribution in [3.8, 4) is 5.75 Å². The molecule has 8 nitrogen and oxygen atoms in total. The minimum absolute atomic E-state index is 0.0505. The lowest BCUT2D eigenvalue weighted by atomic mass is 10.3. The van der Waals surface area contributed by atoms with Gasteiger partial charge in [-0.3, -0.25) is 0 Å². The molecule has 0 spiro atoms. The van der Waals surface area contributed by atoms with Crippen LogP contribution in [0.5, 0.6) is 5.75 Å². The molecule has 12 heteroatoms. The summed E-state index contributed by atoms with van der Waals surface area (Å²) < 4.78 is 51.6. The van der Waals surface area contributed by atoms with E-state index in [0.29, 0.717) is 29.4 Å². The van der Waals surface area contributed by atoms with Crippen molar-refractivity contribution >= 4 is 60.1 Å². The largest absolute Gasteiger partial charge is 0.432 e. The van der Waals surface area contributed by atoms with Crippen molar-refractivity contribution in [2.75, 3.05) is 28.3 Å². The Morgan fingerprint density at radius 3 is 2.14 bits per heavy atom. The molecule has 154 valence electrons. The van der Waals surface area contributed by atoms with Gasteiger partial charge in [-0.15, -0.1) is 0 Å². The van der Waals surface area contributed by atoms with Gasteiger partial charge >= 0.3 is 0 Å². The minimum Gasteiger partial charge on any atom is -0.432 e. The molecule has 3 rings (SSSR count). The van der Waals surface area contributed by atoms with Crippen LogP contribution in [0.15, 0.2) is 24.3 Å². The molecule has 0 radical (unpaired) electrons. The summed E-state index contributed by atoms with van der Waals surface area (Å²) in [5.41, 5.74) is 0.655. The molecule has 0 saturated carbocycles. The summed E-state index contributed by atoms with van der Waals surface area (Å²) in [4.78, 5) is 0. The van der Waals surface area contributed by atoms with Crippen molar-refractivity contribution in [1.29, 1.82) is 0 Å². The Morgan fingerprint density at radius 2 is 1.57 bits per heavy atom. The lowest BCUT2D eigenvalue weighted by Crippen LogP contribution is -2.38. The number of anilines is 1. The van der Waals surface area contributed by atoms with E-state index in [2.05, 4.69) is 16.0 Å². The smallest absolute Gasteiger partial charge is 0.262 e. The fourth-order valence-corrected chi connectivity index (χ4v) is 7.00. The van der Waals surface area contributed by atoms with Gasteiger partial charge in [0.15, 0.2) is 24.8 Å². The average Bonchev–Trinajstić information content (AvgIpc) is 3.08. The lowest BCUT2D eigenvalue weighted by molar-refractivity contribution is 0.510. The van der Waals surface area contributed by atoms with Crippen molar-refractivity contribution < 1.29 is 21.6 Å². The first-order chi connectivity index (χ1) is 13.1. The van der Waals surface area contributed by atoms with Crippen molar-refractivity contribution in [3.05, 3.63) is 24.3 Å². The Kier molecular flexibility index (Phi) is 6.42. The standard InChI is InChI=1S/C16H21N3O5S4/c20-27(21)6-4-12(9-27)18-15(25)17-11-2-1-3-14(8-11)24-16(26)19-13-5-7-28(22,23)10-13/h1-3,8,12-13H,4-7,9-10H2,(H,19,26)(H2,17,18,25). The first-order valence-corrected chi connectivity index (χ1v) is 13.1. The lowest BCUT2D eigenvalue weighted by Gasteiger charge is -2.16. The summed E-state index contributed by atoms with van der Waals surface area (Å²) in [5, 5.41) is 9.35. The summed E-state index contributed by atoms with van der Waals surface area (Å²) in [7, 11) is -5.98. The maximum atomic E-state index is 11.5. The van der Waals surface area contributed by atoms with Crippen LogP contribution in [0.25, 0.3) is 0 Å². The Hall–Kier alpha value is -1.50. The molecule has 1 aromatic carbocycles. The molecular weight excluding hydrogens is 442 g/mol. The predicted molar refractivity (Wildman–Crippen MR) is 116 cm³/mol. The van der Waals surface area contributed by atoms with E-state index in [-0.39, 0.29) is 40.3 Å². The van der Waals surface area contributed by atoms with Gasteiger partial charge in [0.2, 0.25) is 0 Å². The maximum absolute atomic E-state index is 11.5. The van der Waals surface area contributed by atoms with Gasteiger partial charge in [-0.1, -0.05) is 6.07 Å². The maximum Gasteiger partial charge on any atom is 0.262 e. The van der Waals surface area contributed by atoms with Crippen LogP contribution in [-0.4, -0.2) is 62.2 Å².